The van der Waals surface area contributed by atoms with Gasteiger partial charge in [-0.1, -0.05) is 0 Å². The van der Waals surface area contributed by atoms with Crippen LogP contribution in [0, 0.1) is 0 Å². The van der Waals surface area contributed by atoms with E-state index >= 15 is 0 Å². The van der Waals surface area contributed by atoms with Gasteiger partial charge in [-0.25, -0.2) is 19.6 Å². The third kappa shape index (κ3) is 17.5. The van der Waals surface area contributed by atoms with Crippen LogP contribution in [0.25, 0.3) is 0 Å². The van der Waals surface area contributed by atoms with Crippen molar-refractivity contribution in [1.29, 1.82) is 0 Å². The number of ether oxygens (including phenoxy) is 1. The van der Waals surface area contributed by atoms with Crippen molar-refractivity contribution in [3.05, 3.63) is 0 Å². The molecule has 138 valence electrons. The molecule has 0 aliphatic rings. The molecule has 0 bridgehead atoms. The second-order valence-electron chi connectivity index (χ2n) is 7.59. The Labute approximate surface area is 140 Å². The standard InChI is InChI=1S/C17H34O6/c1-14(21-23-17(5,6)7)10-11-15(18)19-12-8-9-13-20-22-16(2,3)4/h14H,8-13H2,1-7H3. The van der Waals surface area contributed by atoms with Crippen molar-refractivity contribution in [1.82, 2.24) is 0 Å². The summed E-state index contributed by atoms with van der Waals surface area (Å²) in [6.07, 6.45) is 2.26. The molecule has 6 nitrogen and oxygen atoms in total. The fraction of sp³-hybridized carbons (Fsp3) is 0.941. The monoisotopic (exact) mass is 334 g/mol. The van der Waals surface area contributed by atoms with Crippen LogP contribution in [0.4, 0.5) is 0 Å². The average molecular weight is 334 g/mol. The van der Waals surface area contributed by atoms with Gasteiger partial charge in [-0.2, -0.15) is 0 Å². The number of esters is 1. The summed E-state index contributed by atoms with van der Waals surface area (Å²) < 4.78 is 5.15. The lowest BCUT2D eigenvalue weighted by molar-refractivity contribution is -0.370. The number of unbranched alkanes of at least 4 members (excludes halogenated alkanes) is 1. The van der Waals surface area contributed by atoms with Crippen molar-refractivity contribution in [2.45, 2.75) is 91.5 Å². The quantitative estimate of drug-likeness (QED) is 0.246. The van der Waals surface area contributed by atoms with Crippen molar-refractivity contribution in [3.8, 4) is 0 Å². The van der Waals surface area contributed by atoms with Crippen LogP contribution in [0.15, 0.2) is 0 Å². The minimum atomic E-state index is -0.354. The van der Waals surface area contributed by atoms with Crippen LogP contribution in [0.5, 0.6) is 0 Å². The summed E-state index contributed by atoms with van der Waals surface area (Å²) in [6, 6.07) is 0. The zero-order valence-corrected chi connectivity index (χ0v) is 15.8. The van der Waals surface area contributed by atoms with Crippen LogP contribution in [0.3, 0.4) is 0 Å². The minimum Gasteiger partial charge on any atom is -0.466 e. The number of hydrogen-bond donors (Lipinski definition) is 0. The highest BCUT2D eigenvalue weighted by molar-refractivity contribution is 5.69. The predicted molar refractivity (Wildman–Crippen MR) is 87.6 cm³/mol. The van der Waals surface area contributed by atoms with Gasteiger partial charge < -0.3 is 4.74 Å². The average Bonchev–Trinajstić information content (AvgIpc) is 2.39. The third-order valence-corrected chi connectivity index (χ3v) is 2.41. The van der Waals surface area contributed by atoms with Gasteiger partial charge in [0.25, 0.3) is 0 Å². The van der Waals surface area contributed by atoms with Crippen molar-refractivity contribution in [3.63, 3.8) is 0 Å². The summed E-state index contributed by atoms with van der Waals surface area (Å²) >= 11 is 0. The van der Waals surface area contributed by atoms with E-state index in [1.54, 1.807) is 0 Å². The third-order valence-electron chi connectivity index (χ3n) is 2.41. The molecule has 23 heavy (non-hydrogen) atoms. The van der Waals surface area contributed by atoms with Crippen LogP contribution >= 0.6 is 0 Å². The smallest absolute Gasteiger partial charge is 0.305 e. The van der Waals surface area contributed by atoms with E-state index in [1.807, 2.05) is 48.5 Å². The van der Waals surface area contributed by atoms with Gasteiger partial charge >= 0.3 is 5.97 Å². The zero-order valence-electron chi connectivity index (χ0n) is 15.8. The van der Waals surface area contributed by atoms with Gasteiger partial charge in [0.05, 0.1) is 30.5 Å². The van der Waals surface area contributed by atoms with Gasteiger partial charge in [0.1, 0.15) is 0 Å². The topological polar surface area (TPSA) is 63.2 Å². The SMILES string of the molecule is CC(CCC(=O)OCCCCOOC(C)(C)C)OOC(C)(C)C. The lowest BCUT2D eigenvalue weighted by atomic mass is 10.2. The molecule has 0 spiro atoms. The van der Waals surface area contributed by atoms with Crippen molar-refractivity contribution >= 4 is 5.97 Å². The highest BCUT2D eigenvalue weighted by atomic mass is 17.2. The maximum Gasteiger partial charge on any atom is 0.305 e. The van der Waals surface area contributed by atoms with Gasteiger partial charge in [-0.3, -0.25) is 4.79 Å². The number of hydrogen-bond acceptors (Lipinski definition) is 6. The molecule has 0 aromatic heterocycles. The Balaban J connectivity index is 3.50. The van der Waals surface area contributed by atoms with E-state index < -0.39 is 0 Å². The lowest BCUT2D eigenvalue weighted by Crippen LogP contribution is -2.23. The summed E-state index contributed by atoms with van der Waals surface area (Å²) in [4.78, 5) is 32.2. The number of rotatable bonds is 11. The maximum absolute atomic E-state index is 11.6. The zero-order chi connectivity index (χ0) is 17.9. The Morgan fingerprint density at radius 3 is 2.04 bits per heavy atom. The van der Waals surface area contributed by atoms with Gasteiger partial charge in [0.15, 0.2) is 0 Å². The maximum atomic E-state index is 11.6. The highest BCUT2D eigenvalue weighted by Crippen LogP contribution is 2.12. The van der Waals surface area contributed by atoms with Crippen LogP contribution in [-0.4, -0.2) is 36.5 Å². The Kier molecular flexibility index (Phi) is 10.6. The summed E-state index contributed by atoms with van der Waals surface area (Å²) in [5, 5.41) is 0. The molecule has 0 N–H and O–H groups in total. The van der Waals surface area contributed by atoms with E-state index in [-0.39, 0.29) is 23.3 Å². The Hall–Kier alpha value is -0.690. The second-order valence-corrected chi connectivity index (χ2v) is 7.59. The fourth-order valence-electron chi connectivity index (χ4n) is 1.34. The summed E-state index contributed by atoms with van der Waals surface area (Å²) in [7, 11) is 0. The summed E-state index contributed by atoms with van der Waals surface area (Å²) in [5.41, 5.74) is -0.657. The van der Waals surface area contributed by atoms with E-state index in [1.165, 1.54) is 0 Å². The molecule has 0 aromatic rings. The lowest BCUT2D eigenvalue weighted by Gasteiger charge is -2.20. The summed E-state index contributed by atoms with van der Waals surface area (Å²) in [5.74, 6) is -0.219. The molecule has 0 heterocycles. The minimum absolute atomic E-state index is 0.148. The van der Waals surface area contributed by atoms with Gasteiger partial charge in [-0.15, -0.1) is 0 Å². The van der Waals surface area contributed by atoms with Crippen LogP contribution in [-0.2, 0) is 29.1 Å². The molecule has 0 aliphatic carbocycles. The molecule has 0 saturated heterocycles. The van der Waals surface area contributed by atoms with Crippen molar-refractivity contribution in [2.75, 3.05) is 13.2 Å². The molecular weight excluding hydrogens is 300 g/mol. The Bertz CT molecular complexity index is 316. The van der Waals surface area contributed by atoms with Crippen molar-refractivity contribution < 1.29 is 29.1 Å². The van der Waals surface area contributed by atoms with E-state index in [0.29, 0.717) is 26.1 Å². The molecule has 0 aromatic carbocycles. The molecule has 1 atom stereocenters. The Morgan fingerprint density at radius 2 is 1.48 bits per heavy atom. The first-order valence-electron chi connectivity index (χ1n) is 8.30. The molecule has 6 heteroatoms. The predicted octanol–water partition coefficient (Wildman–Crippen LogP) is 3.97. The van der Waals surface area contributed by atoms with Crippen LogP contribution < -0.4 is 0 Å². The van der Waals surface area contributed by atoms with E-state index in [2.05, 4.69) is 0 Å². The van der Waals surface area contributed by atoms with Gasteiger partial charge in [0.2, 0.25) is 0 Å². The second kappa shape index (κ2) is 11.0. The first-order valence-corrected chi connectivity index (χ1v) is 8.30. The molecule has 0 fully saturated rings. The molecule has 1 unspecified atom stereocenters. The summed E-state index contributed by atoms with van der Waals surface area (Å²) in [6.45, 7) is 14.2. The van der Waals surface area contributed by atoms with Gasteiger partial charge in [0, 0.05) is 6.42 Å². The van der Waals surface area contributed by atoms with E-state index in [9.17, 15) is 4.79 Å². The van der Waals surface area contributed by atoms with Crippen molar-refractivity contribution in [2.24, 2.45) is 0 Å². The number of carbonyl (C=O) groups excluding carboxylic acids is 1. The molecule has 0 rings (SSSR count). The largest absolute Gasteiger partial charge is 0.466 e. The molecule has 0 amide bonds. The van der Waals surface area contributed by atoms with Gasteiger partial charge in [-0.05, 0) is 67.7 Å². The number of carbonyl (C=O) groups is 1. The van der Waals surface area contributed by atoms with E-state index in [0.717, 1.165) is 12.8 Å². The van der Waals surface area contributed by atoms with E-state index in [4.69, 9.17) is 24.3 Å². The first kappa shape index (κ1) is 22.3. The molecule has 0 saturated carbocycles. The first-order chi connectivity index (χ1) is 10.5. The Morgan fingerprint density at radius 1 is 0.913 bits per heavy atom. The fourth-order valence-corrected chi connectivity index (χ4v) is 1.34. The molecule has 0 aliphatic heterocycles. The van der Waals surface area contributed by atoms with Crippen LogP contribution in [0.1, 0.15) is 74.1 Å². The molecule has 0 radical (unpaired) electrons. The molecular formula is C17H34O6. The van der Waals surface area contributed by atoms with Crippen LogP contribution in [0.2, 0.25) is 0 Å². The highest BCUT2D eigenvalue weighted by Gasteiger charge is 2.15. The normalized spacial score (nSPS) is 13.9.